The Balaban J connectivity index is 0.726. The number of aryl methyl sites for hydroxylation is 1. The fourth-order valence-electron chi connectivity index (χ4n) is 9.65. The minimum atomic E-state index is -1.45. The van der Waals surface area contributed by atoms with Crippen molar-refractivity contribution in [1.29, 1.82) is 0 Å². The van der Waals surface area contributed by atoms with E-state index in [1.54, 1.807) is 27.9 Å². The Hall–Kier alpha value is -5.77. The van der Waals surface area contributed by atoms with Crippen molar-refractivity contribution >= 4 is 52.1 Å². The van der Waals surface area contributed by atoms with E-state index < -0.39 is 11.5 Å². The number of imide groups is 1. The van der Waals surface area contributed by atoms with E-state index in [0.717, 1.165) is 58.8 Å². The molecule has 4 saturated heterocycles. The number of nitrogens with zero attached hydrogens (tertiary/aromatic N) is 7. The summed E-state index contributed by atoms with van der Waals surface area (Å²) < 4.78 is 15.3. The average molecular weight is 876 g/mol. The van der Waals surface area contributed by atoms with Crippen molar-refractivity contribution in [3.8, 4) is 22.4 Å². The summed E-state index contributed by atoms with van der Waals surface area (Å²) in [7, 11) is 1.86. The average Bonchev–Trinajstić information content (AvgIpc) is 3.62. The number of carbonyl (C=O) groups is 4. The van der Waals surface area contributed by atoms with Crippen LogP contribution in [0.15, 0.2) is 72.9 Å². The zero-order valence-electron chi connectivity index (χ0n) is 35.2. The van der Waals surface area contributed by atoms with Gasteiger partial charge in [0.1, 0.15) is 11.4 Å². The lowest BCUT2D eigenvalue weighted by Crippen LogP contribution is -2.57. The summed E-state index contributed by atoms with van der Waals surface area (Å²) in [5.74, 6) is -0.807. The highest BCUT2D eigenvalue weighted by molar-refractivity contribution is 6.33. The number of likely N-dealkylation sites (tertiary alicyclic amines) is 3. The fourth-order valence-corrected chi connectivity index (χ4v) is 9.85. The second-order valence-corrected chi connectivity index (χ2v) is 17.8. The third-order valence-electron chi connectivity index (χ3n) is 13.4. The number of rotatable bonds is 9. The van der Waals surface area contributed by atoms with E-state index in [1.165, 1.54) is 12.1 Å². The molecule has 0 aliphatic carbocycles. The lowest BCUT2D eigenvalue weighted by Gasteiger charge is -2.42. The van der Waals surface area contributed by atoms with Gasteiger partial charge in [0.2, 0.25) is 23.7 Å². The number of halogens is 2. The van der Waals surface area contributed by atoms with E-state index in [4.69, 9.17) is 16.6 Å². The first kappa shape index (κ1) is 42.5. The summed E-state index contributed by atoms with van der Waals surface area (Å²) in [5.41, 5.74) is 4.51. The van der Waals surface area contributed by atoms with Gasteiger partial charge in [-0.3, -0.25) is 34.1 Å². The Morgan fingerprint density at radius 3 is 2.33 bits per heavy atom. The zero-order valence-corrected chi connectivity index (χ0v) is 36.0. The first-order valence-electron chi connectivity index (χ1n) is 21.9. The van der Waals surface area contributed by atoms with Crippen molar-refractivity contribution in [2.24, 2.45) is 7.05 Å². The summed E-state index contributed by atoms with van der Waals surface area (Å²) in [6, 6.07) is 20.4. The second kappa shape index (κ2) is 17.8. The van der Waals surface area contributed by atoms with E-state index in [0.29, 0.717) is 74.5 Å². The van der Waals surface area contributed by atoms with Gasteiger partial charge in [-0.2, -0.15) is 5.10 Å². The van der Waals surface area contributed by atoms with Crippen LogP contribution >= 0.6 is 11.6 Å². The number of nitrogens with one attached hydrogen (secondary N) is 2. The molecule has 14 nitrogen and oxygen atoms in total. The molecule has 0 saturated carbocycles. The minimum absolute atomic E-state index is 0.0369. The van der Waals surface area contributed by atoms with Crippen LogP contribution < -0.4 is 10.6 Å². The summed E-state index contributed by atoms with van der Waals surface area (Å²) >= 11 is 6.56. The predicted molar refractivity (Wildman–Crippen MR) is 236 cm³/mol. The molecule has 0 spiro atoms. The first-order chi connectivity index (χ1) is 30.4. The number of hydrogen-bond acceptors (Lipinski definition) is 10. The molecule has 3 aromatic carbocycles. The first-order valence-corrected chi connectivity index (χ1v) is 22.3. The van der Waals surface area contributed by atoms with Gasteiger partial charge >= 0.3 is 0 Å². The molecule has 5 aromatic rings. The highest BCUT2D eigenvalue weighted by atomic mass is 35.5. The van der Waals surface area contributed by atoms with Crippen molar-refractivity contribution in [2.75, 3.05) is 51.1 Å². The third-order valence-corrected chi connectivity index (χ3v) is 13.7. The fraction of sp³-hybridized carbons (Fsp3) is 0.426. The lowest BCUT2D eigenvalue weighted by molar-refractivity contribution is -0.158. The summed E-state index contributed by atoms with van der Waals surface area (Å²) in [4.78, 5) is 66.3. The van der Waals surface area contributed by atoms with Crippen LogP contribution in [0.1, 0.15) is 74.5 Å². The van der Waals surface area contributed by atoms with E-state index in [1.807, 2.05) is 47.2 Å². The van der Waals surface area contributed by atoms with Gasteiger partial charge in [0.25, 0.3) is 5.91 Å². The van der Waals surface area contributed by atoms with Crippen LogP contribution in [0.5, 0.6) is 0 Å². The van der Waals surface area contributed by atoms with Gasteiger partial charge in [0, 0.05) is 69.7 Å². The predicted octanol–water partition coefficient (Wildman–Crippen LogP) is 5.65. The Morgan fingerprint density at radius 1 is 0.889 bits per heavy atom. The molecule has 4 aliphatic heterocycles. The molecule has 0 radical (unpaired) electrons. The molecule has 9 rings (SSSR count). The number of benzene rings is 3. The monoisotopic (exact) mass is 875 g/mol. The maximum Gasteiger partial charge on any atom is 0.254 e. The van der Waals surface area contributed by atoms with Gasteiger partial charge in [0.05, 0.1) is 40.6 Å². The largest absolute Gasteiger partial charge is 0.380 e. The molecule has 2 aromatic heterocycles. The molecule has 1 atom stereocenters. The molecule has 4 amide bonds. The molecule has 1 unspecified atom stereocenters. The highest BCUT2D eigenvalue weighted by Crippen LogP contribution is 2.36. The van der Waals surface area contributed by atoms with Crippen molar-refractivity contribution in [1.82, 2.24) is 39.8 Å². The summed E-state index contributed by atoms with van der Waals surface area (Å²) in [6.07, 6.45) is 5.85. The van der Waals surface area contributed by atoms with E-state index in [9.17, 15) is 28.7 Å². The zero-order chi connectivity index (χ0) is 43.8. The van der Waals surface area contributed by atoms with E-state index in [-0.39, 0.29) is 60.8 Å². The molecule has 16 heteroatoms. The SMILES string of the molecule is Cn1nc(C2CCC(=O)NC2=O)c2ccc(C3CCN(C(=O)C4(O)CCN(CC(=O)N5CCC(Nc6ncc(Cl)c(-c7cccc(-c8ccc(F)cc8)c7)n6)CC5)CC4)CC3)cc21. The van der Waals surface area contributed by atoms with Gasteiger partial charge in [-0.25, -0.2) is 14.4 Å². The Kier molecular flexibility index (Phi) is 12.0. The van der Waals surface area contributed by atoms with Crippen molar-refractivity contribution in [3.63, 3.8) is 0 Å². The Labute approximate surface area is 369 Å². The van der Waals surface area contributed by atoms with Crippen LogP contribution in [0.25, 0.3) is 33.3 Å². The number of carbonyl (C=O) groups excluding carboxylic acids is 4. The quantitative estimate of drug-likeness (QED) is 0.158. The molecule has 4 fully saturated rings. The van der Waals surface area contributed by atoms with Gasteiger partial charge in [0.15, 0.2) is 0 Å². The van der Waals surface area contributed by atoms with Crippen molar-refractivity contribution in [3.05, 3.63) is 95.0 Å². The number of amides is 4. The number of hydrogen-bond donors (Lipinski definition) is 3. The second-order valence-electron chi connectivity index (χ2n) is 17.4. The lowest BCUT2D eigenvalue weighted by atomic mass is 9.85. The number of aromatic nitrogens is 4. The smallest absolute Gasteiger partial charge is 0.254 e. The van der Waals surface area contributed by atoms with Crippen molar-refractivity contribution in [2.45, 2.75) is 74.8 Å². The molecule has 6 heterocycles. The van der Waals surface area contributed by atoms with Crippen LogP contribution in [0.3, 0.4) is 0 Å². The maximum absolute atomic E-state index is 13.7. The normalized spacial score (nSPS) is 20.2. The van der Waals surface area contributed by atoms with Gasteiger partial charge in [-0.05, 0) is 91.8 Å². The van der Waals surface area contributed by atoms with Crippen LogP contribution in [-0.4, -0.2) is 121 Å². The highest BCUT2D eigenvalue weighted by Gasteiger charge is 2.43. The number of anilines is 1. The van der Waals surface area contributed by atoms with Gasteiger partial charge < -0.3 is 20.2 Å². The van der Waals surface area contributed by atoms with Crippen LogP contribution in [0.2, 0.25) is 5.02 Å². The molecule has 0 bridgehead atoms. The molecule has 4 aliphatic rings. The standard InChI is InChI=1S/C47H51ClFN9O5/c1-55-39-26-32(7-10-36(39)43(54-55)37-11-12-40(59)52-44(37)61)30-13-19-58(20-14-30)45(62)47(63)17-23-56(24-18-47)28-41(60)57-21-15-35(16-22-57)51-46-50-27-38(48)42(53-46)33-4-2-3-31(25-33)29-5-8-34(49)9-6-29/h2-10,25-27,30,35,37,63H,11-24,28H2,1H3,(H,50,51,53)(H,52,59,61). The van der Waals surface area contributed by atoms with Crippen LogP contribution in [0.4, 0.5) is 10.3 Å². The maximum atomic E-state index is 13.7. The number of aliphatic hydroxyl groups is 1. The van der Waals surface area contributed by atoms with Crippen LogP contribution in [0, 0.1) is 5.82 Å². The topological polar surface area (TPSA) is 166 Å². The summed E-state index contributed by atoms with van der Waals surface area (Å²) in [5, 5.41) is 23.4. The number of fused-ring (bicyclic) bond motifs is 1. The molecular formula is C47H51ClFN9O5. The molecule has 328 valence electrons. The molecule has 3 N–H and O–H groups in total. The summed E-state index contributed by atoms with van der Waals surface area (Å²) in [6.45, 7) is 3.41. The van der Waals surface area contributed by atoms with Gasteiger partial charge in [-0.15, -0.1) is 0 Å². The molecular weight excluding hydrogens is 825 g/mol. The van der Waals surface area contributed by atoms with Crippen LogP contribution in [-0.2, 0) is 26.2 Å². The minimum Gasteiger partial charge on any atom is -0.380 e. The Bertz CT molecular complexity index is 2540. The van der Waals surface area contributed by atoms with Crippen molar-refractivity contribution < 1.29 is 28.7 Å². The third kappa shape index (κ3) is 9.04. The Morgan fingerprint density at radius 2 is 1.60 bits per heavy atom. The van der Waals surface area contributed by atoms with Gasteiger partial charge in [-0.1, -0.05) is 54.1 Å². The molecule has 63 heavy (non-hydrogen) atoms. The van der Waals surface area contributed by atoms with E-state index in [2.05, 4.69) is 32.8 Å². The number of piperidine rings is 4. The van der Waals surface area contributed by atoms with E-state index >= 15 is 0 Å².